The first-order valence-corrected chi connectivity index (χ1v) is 8.33. The molecule has 2 aromatic rings. The Morgan fingerprint density at radius 3 is 2.84 bits per heavy atom. The van der Waals surface area contributed by atoms with Crippen molar-refractivity contribution in [2.45, 2.75) is 13.0 Å². The molecule has 4 rings (SSSR count). The number of imidazole rings is 1. The molecule has 0 bridgehead atoms. The maximum Gasteiger partial charge on any atom is 0.327 e. The summed E-state index contributed by atoms with van der Waals surface area (Å²) in [5, 5.41) is 0. The smallest absolute Gasteiger partial charge is 0.327 e. The van der Waals surface area contributed by atoms with Gasteiger partial charge >= 0.3 is 6.03 Å². The van der Waals surface area contributed by atoms with Crippen LogP contribution in [0.15, 0.2) is 24.5 Å². The molecular weight excluding hydrogens is 322 g/mol. The molecule has 4 amide bonds. The quantitative estimate of drug-likeness (QED) is 0.753. The van der Waals surface area contributed by atoms with Crippen LogP contribution >= 0.6 is 0 Å². The fourth-order valence-electron chi connectivity index (χ4n) is 3.58. The molecule has 2 fully saturated rings. The van der Waals surface area contributed by atoms with Gasteiger partial charge in [-0.1, -0.05) is 0 Å². The molecule has 1 aromatic heterocycles. The molecule has 8 heteroatoms. The minimum atomic E-state index is -0.566. The Hall–Kier alpha value is -2.90. The van der Waals surface area contributed by atoms with Crippen LogP contribution in [0, 0.1) is 0 Å². The van der Waals surface area contributed by atoms with Crippen molar-refractivity contribution < 1.29 is 14.4 Å². The average Bonchev–Trinajstić information content (AvgIpc) is 3.12. The molecule has 0 radical (unpaired) electrons. The topological polar surface area (TPSA) is 78.8 Å². The lowest BCUT2D eigenvalue weighted by Crippen LogP contribution is -2.54. The van der Waals surface area contributed by atoms with Crippen LogP contribution in [0.4, 0.5) is 4.79 Å². The van der Waals surface area contributed by atoms with Gasteiger partial charge in [0.1, 0.15) is 6.04 Å². The SMILES string of the molecule is CCN1C(=O)C2CN(C(=O)c3ccc4c(c3)ncn4C)CCN2C1=O. The van der Waals surface area contributed by atoms with Gasteiger partial charge in [0.05, 0.1) is 23.9 Å². The highest BCUT2D eigenvalue weighted by Crippen LogP contribution is 2.23. The molecule has 0 saturated carbocycles. The second-order valence-corrected chi connectivity index (χ2v) is 6.38. The second kappa shape index (κ2) is 5.58. The minimum Gasteiger partial charge on any atom is -0.334 e. The van der Waals surface area contributed by atoms with Gasteiger partial charge < -0.3 is 14.4 Å². The van der Waals surface area contributed by atoms with Crippen LogP contribution in [0.2, 0.25) is 0 Å². The maximum absolute atomic E-state index is 12.8. The lowest BCUT2D eigenvalue weighted by Gasteiger charge is -2.35. The molecule has 1 aromatic carbocycles. The number of piperazine rings is 1. The normalized spacial score (nSPS) is 20.6. The molecule has 8 nitrogen and oxygen atoms in total. The summed E-state index contributed by atoms with van der Waals surface area (Å²) in [6.45, 7) is 3.17. The lowest BCUT2D eigenvalue weighted by molar-refractivity contribution is -0.129. The molecule has 25 heavy (non-hydrogen) atoms. The van der Waals surface area contributed by atoms with Gasteiger partial charge in [0, 0.05) is 32.2 Å². The Labute approximate surface area is 144 Å². The van der Waals surface area contributed by atoms with E-state index in [1.807, 2.05) is 17.7 Å². The first kappa shape index (κ1) is 15.6. The van der Waals surface area contributed by atoms with Gasteiger partial charge in [-0.05, 0) is 25.1 Å². The van der Waals surface area contributed by atoms with Gasteiger partial charge in [-0.15, -0.1) is 0 Å². The number of carbonyl (C=O) groups excluding carboxylic acids is 3. The predicted molar refractivity (Wildman–Crippen MR) is 89.9 cm³/mol. The first-order chi connectivity index (χ1) is 12.0. The van der Waals surface area contributed by atoms with E-state index in [0.717, 1.165) is 11.0 Å². The van der Waals surface area contributed by atoms with Gasteiger partial charge in [-0.25, -0.2) is 9.78 Å². The van der Waals surface area contributed by atoms with E-state index in [9.17, 15) is 14.4 Å². The van der Waals surface area contributed by atoms with Crippen LogP contribution in [0.5, 0.6) is 0 Å². The molecule has 2 aliphatic heterocycles. The van der Waals surface area contributed by atoms with Crippen molar-refractivity contribution in [1.82, 2.24) is 24.3 Å². The highest BCUT2D eigenvalue weighted by Gasteiger charge is 2.47. The van der Waals surface area contributed by atoms with E-state index in [1.165, 1.54) is 4.90 Å². The number of amides is 4. The number of benzene rings is 1. The molecule has 1 unspecified atom stereocenters. The van der Waals surface area contributed by atoms with E-state index in [4.69, 9.17) is 0 Å². The van der Waals surface area contributed by atoms with Gasteiger partial charge in [0.2, 0.25) is 0 Å². The summed E-state index contributed by atoms with van der Waals surface area (Å²) in [5.41, 5.74) is 2.26. The first-order valence-electron chi connectivity index (χ1n) is 8.33. The molecule has 2 aliphatic rings. The van der Waals surface area contributed by atoms with Crippen molar-refractivity contribution >= 4 is 28.9 Å². The Bertz CT molecular complexity index is 890. The Morgan fingerprint density at radius 2 is 2.08 bits per heavy atom. The van der Waals surface area contributed by atoms with Gasteiger partial charge in [-0.3, -0.25) is 14.5 Å². The summed E-state index contributed by atoms with van der Waals surface area (Å²) in [4.78, 5) is 46.2. The van der Waals surface area contributed by atoms with Crippen molar-refractivity contribution in [3.8, 4) is 0 Å². The highest BCUT2D eigenvalue weighted by molar-refractivity contribution is 6.05. The van der Waals surface area contributed by atoms with E-state index >= 15 is 0 Å². The zero-order valence-electron chi connectivity index (χ0n) is 14.2. The highest BCUT2D eigenvalue weighted by atomic mass is 16.2. The molecule has 2 saturated heterocycles. The Morgan fingerprint density at radius 1 is 1.28 bits per heavy atom. The standard InChI is InChI=1S/C17H19N5O3/c1-3-21-16(24)14-9-20(6-7-22(14)17(21)25)15(23)11-4-5-13-12(8-11)18-10-19(13)2/h4-5,8,10,14H,3,6-7,9H2,1-2H3. The third kappa shape index (κ3) is 2.28. The van der Waals surface area contributed by atoms with Crippen molar-refractivity contribution in [3.63, 3.8) is 0 Å². The number of hydrogen-bond donors (Lipinski definition) is 0. The van der Waals surface area contributed by atoms with Crippen LogP contribution < -0.4 is 0 Å². The van der Waals surface area contributed by atoms with E-state index in [0.29, 0.717) is 25.2 Å². The monoisotopic (exact) mass is 341 g/mol. The number of hydrogen-bond acceptors (Lipinski definition) is 4. The Balaban J connectivity index is 1.57. The number of nitrogens with zero attached hydrogens (tertiary/aromatic N) is 5. The van der Waals surface area contributed by atoms with Crippen LogP contribution in [-0.4, -0.2) is 74.3 Å². The van der Waals surface area contributed by atoms with Crippen molar-refractivity contribution in [1.29, 1.82) is 0 Å². The second-order valence-electron chi connectivity index (χ2n) is 6.38. The third-order valence-corrected chi connectivity index (χ3v) is 4.98. The number of likely N-dealkylation sites (N-methyl/N-ethyl adjacent to an activating group) is 1. The largest absolute Gasteiger partial charge is 0.334 e. The number of rotatable bonds is 2. The average molecular weight is 341 g/mol. The van der Waals surface area contributed by atoms with E-state index in [1.54, 1.807) is 35.2 Å². The third-order valence-electron chi connectivity index (χ3n) is 4.98. The molecule has 1 atom stereocenters. The zero-order chi connectivity index (χ0) is 17.7. The van der Waals surface area contributed by atoms with Gasteiger partial charge in [-0.2, -0.15) is 0 Å². The van der Waals surface area contributed by atoms with Crippen LogP contribution in [-0.2, 0) is 11.8 Å². The van der Waals surface area contributed by atoms with E-state index in [-0.39, 0.29) is 24.4 Å². The van der Waals surface area contributed by atoms with Crippen molar-refractivity contribution in [3.05, 3.63) is 30.1 Å². The molecule has 0 spiro atoms. The van der Waals surface area contributed by atoms with E-state index in [2.05, 4.69) is 4.98 Å². The summed E-state index contributed by atoms with van der Waals surface area (Å²) < 4.78 is 1.89. The van der Waals surface area contributed by atoms with Crippen molar-refractivity contribution in [2.24, 2.45) is 7.05 Å². The number of urea groups is 1. The fraction of sp³-hybridized carbons (Fsp3) is 0.412. The zero-order valence-corrected chi connectivity index (χ0v) is 14.2. The maximum atomic E-state index is 12.8. The lowest BCUT2D eigenvalue weighted by atomic mass is 10.1. The fourth-order valence-corrected chi connectivity index (χ4v) is 3.58. The van der Waals surface area contributed by atoms with Gasteiger partial charge in [0.25, 0.3) is 11.8 Å². The van der Waals surface area contributed by atoms with E-state index < -0.39 is 6.04 Å². The van der Waals surface area contributed by atoms with Crippen LogP contribution in [0.25, 0.3) is 11.0 Å². The molecule has 0 N–H and O–H groups in total. The summed E-state index contributed by atoms with van der Waals surface area (Å²) in [7, 11) is 1.90. The predicted octanol–water partition coefficient (Wildman–Crippen LogP) is 0.682. The number of aromatic nitrogens is 2. The summed E-state index contributed by atoms with van der Waals surface area (Å²) in [6.07, 6.45) is 1.71. The minimum absolute atomic E-state index is 0.137. The molecule has 0 aliphatic carbocycles. The van der Waals surface area contributed by atoms with Crippen LogP contribution in [0.1, 0.15) is 17.3 Å². The molecule has 3 heterocycles. The summed E-state index contributed by atoms with van der Waals surface area (Å²) in [5.74, 6) is -0.354. The number of imide groups is 1. The summed E-state index contributed by atoms with van der Waals surface area (Å²) >= 11 is 0. The van der Waals surface area contributed by atoms with Gasteiger partial charge in [0.15, 0.2) is 0 Å². The number of aryl methyl sites for hydroxylation is 1. The van der Waals surface area contributed by atoms with Crippen molar-refractivity contribution in [2.75, 3.05) is 26.2 Å². The number of fused-ring (bicyclic) bond motifs is 2. The summed E-state index contributed by atoms with van der Waals surface area (Å²) in [6, 6.07) is 4.60. The Kier molecular flexibility index (Phi) is 3.48. The number of carbonyl (C=O) groups is 3. The molecular formula is C17H19N5O3. The van der Waals surface area contributed by atoms with Crippen LogP contribution in [0.3, 0.4) is 0 Å². The molecule has 130 valence electrons.